The van der Waals surface area contributed by atoms with Crippen LogP contribution in [0.5, 0.6) is 0 Å². The number of hydrogen-bond donors (Lipinski definition) is 2. The van der Waals surface area contributed by atoms with E-state index in [9.17, 15) is 19.5 Å². The number of nitrogens with one attached hydrogen (secondary N) is 1. The van der Waals surface area contributed by atoms with Crippen LogP contribution in [0.4, 0.5) is 4.79 Å². The van der Waals surface area contributed by atoms with Gasteiger partial charge in [-0.2, -0.15) is 0 Å². The Morgan fingerprint density at radius 3 is 2.15 bits per heavy atom. The van der Waals surface area contributed by atoms with Gasteiger partial charge in [-0.1, -0.05) is 25.5 Å². The maximum atomic E-state index is 13.4. The third kappa shape index (κ3) is 9.28. The van der Waals surface area contributed by atoms with E-state index < -0.39 is 35.3 Å². The van der Waals surface area contributed by atoms with Gasteiger partial charge >= 0.3 is 12.1 Å². The van der Waals surface area contributed by atoms with Gasteiger partial charge in [0.05, 0.1) is 12.6 Å². The Hall–Kier alpha value is -2.09. The molecule has 1 saturated heterocycles. The Labute approximate surface area is 205 Å². The highest BCUT2D eigenvalue weighted by molar-refractivity contribution is 5.83. The van der Waals surface area contributed by atoms with E-state index in [0.717, 1.165) is 12.8 Å². The molecule has 2 N–H and O–H groups in total. The first-order valence-corrected chi connectivity index (χ1v) is 12.4. The van der Waals surface area contributed by atoms with Crippen molar-refractivity contribution in [3.63, 3.8) is 0 Å². The molecule has 196 valence electrons. The topological polar surface area (TPSA) is 105 Å². The summed E-state index contributed by atoms with van der Waals surface area (Å²) < 4.78 is 11.4. The molecule has 0 radical (unpaired) electrons. The zero-order valence-electron chi connectivity index (χ0n) is 22.5. The second kappa shape index (κ2) is 12.6. The molecule has 2 amide bonds. The van der Waals surface area contributed by atoms with Crippen molar-refractivity contribution in [3.05, 3.63) is 12.2 Å². The van der Waals surface area contributed by atoms with Gasteiger partial charge in [0.1, 0.15) is 17.2 Å². The first kappa shape index (κ1) is 29.9. The Kier molecular flexibility index (Phi) is 11.1. The number of esters is 1. The zero-order chi connectivity index (χ0) is 26.3. The number of carbonyl (C=O) groups is 3. The molecule has 1 heterocycles. The highest BCUT2D eigenvalue weighted by Crippen LogP contribution is 2.38. The van der Waals surface area contributed by atoms with Gasteiger partial charge in [-0.3, -0.25) is 9.69 Å². The third-order valence-electron chi connectivity index (χ3n) is 5.76. The fourth-order valence-electron chi connectivity index (χ4n) is 4.60. The van der Waals surface area contributed by atoms with E-state index in [2.05, 4.69) is 5.32 Å². The lowest BCUT2D eigenvalue weighted by atomic mass is 9.84. The molecule has 0 aliphatic carbocycles. The third-order valence-corrected chi connectivity index (χ3v) is 5.76. The largest absolute Gasteiger partial charge is 0.458 e. The summed E-state index contributed by atoms with van der Waals surface area (Å²) in [6.45, 7) is 16.0. The minimum atomic E-state index is -0.782. The first-order chi connectivity index (χ1) is 15.6. The average Bonchev–Trinajstić information content (AvgIpc) is 3.02. The van der Waals surface area contributed by atoms with E-state index in [1.165, 1.54) is 11.8 Å². The Balaban J connectivity index is 3.43. The number of likely N-dealkylation sites (tertiary alicyclic amines) is 1. The van der Waals surface area contributed by atoms with Crippen LogP contribution in [0.2, 0.25) is 0 Å². The summed E-state index contributed by atoms with van der Waals surface area (Å²) in [5.74, 6) is -0.847. The molecule has 1 fully saturated rings. The standard InChI is InChI=1S/C26H46N2O6/c1-10-12-18(20(16-29)27-17(3)30)14-21-19(13-11-2)15-22(23(31)33-25(4,5)6)28(21)24(32)34-26(7,8)9/h11,13,18-22,29H,10,12,14-16H2,1-9H3,(H,27,30)/t18?,19-,20?,21-,22-/m1/s1. The van der Waals surface area contributed by atoms with E-state index in [0.29, 0.717) is 12.8 Å². The molecule has 1 aliphatic heterocycles. The summed E-state index contributed by atoms with van der Waals surface area (Å²) in [6.07, 6.45) is 5.92. The second-order valence-corrected chi connectivity index (χ2v) is 11.2. The SMILES string of the molecule is CC=C[C@@H]1C[C@H](C(=O)OC(C)(C)C)N(C(=O)OC(C)(C)C)[C@@H]1CC(CCC)C(CO)NC(C)=O. The van der Waals surface area contributed by atoms with E-state index >= 15 is 0 Å². The minimum absolute atomic E-state index is 0.0843. The lowest BCUT2D eigenvalue weighted by molar-refractivity contribution is -0.160. The van der Waals surface area contributed by atoms with Gasteiger partial charge < -0.3 is 19.9 Å². The first-order valence-electron chi connectivity index (χ1n) is 12.4. The number of rotatable bonds is 9. The maximum Gasteiger partial charge on any atom is 0.411 e. The minimum Gasteiger partial charge on any atom is -0.458 e. The van der Waals surface area contributed by atoms with E-state index in [1.54, 1.807) is 41.5 Å². The summed E-state index contributed by atoms with van der Waals surface area (Å²) >= 11 is 0. The number of ether oxygens (including phenoxy) is 2. The fraction of sp³-hybridized carbons (Fsp3) is 0.808. The van der Waals surface area contributed by atoms with Crippen LogP contribution < -0.4 is 5.32 Å². The fourth-order valence-corrected chi connectivity index (χ4v) is 4.60. The van der Waals surface area contributed by atoms with Gasteiger partial charge in [0, 0.05) is 13.0 Å². The van der Waals surface area contributed by atoms with Gasteiger partial charge in [0.2, 0.25) is 5.91 Å². The van der Waals surface area contributed by atoms with E-state index in [4.69, 9.17) is 9.47 Å². The van der Waals surface area contributed by atoms with Crippen molar-refractivity contribution in [1.82, 2.24) is 10.2 Å². The molecule has 0 aromatic rings. The Morgan fingerprint density at radius 2 is 1.71 bits per heavy atom. The van der Waals surface area contributed by atoms with Crippen LogP contribution in [0.3, 0.4) is 0 Å². The smallest absolute Gasteiger partial charge is 0.411 e. The molecular formula is C26H46N2O6. The quantitative estimate of drug-likeness (QED) is 0.377. The highest BCUT2D eigenvalue weighted by atomic mass is 16.6. The van der Waals surface area contributed by atoms with Gasteiger partial charge in [0.15, 0.2) is 0 Å². The highest BCUT2D eigenvalue weighted by Gasteiger charge is 2.49. The van der Waals surface area contributed by atoms with Crippen LogP contribution in [-0.4, -0.2) is 63.9 Å². The van der Waals surface area contributed by atoms with Crippen molar-refractivity contribution in [2.45, 2.75) is 117 Å². The molecule has 34 heavy (non-hydrogen) atoms. The van der Waals surface area contributed by atoms with Gasteiger partial charge in [-0.15, -0.1) is 0 Å². The Bertz CT molecular complexity index is 722. The van der Waals surface area contributed by atoms with Crippen LogP contribution in [-0.2, 0) is 19.1 Å². The molecule has 5 atom stereocenters. The molecule has 1 rings (SSSR count). The van der Waals surface area contributed by atoms with Crippen LogP contribution in [0.1, 0.15) is 88.0 Å². The summed E-state index contributed by atoms with van der Waals surface area (Å²) in [6, 6.07) is -1.57. The van der Waals surface area contributed by atoms with Crippen LogP contribution >= 0.6 is 0 Å². The molecule has 8 nitrogen and oxygen atoms in total. The summed E-state index contributed by atoms with van der Waals surface area (Å²) in [5, 5.41) is 12.9. The number of allylic oxidation sites excluding steroid dienone is 1. The summed E-state index contributed by atoms with van der Waals surface area (Å²) in [7, 11) is 0. The van der Waals surface area contributed by atoms with Gasteiger partial charge in [-0.05, 0) is 79.6 Å². The molecule has 0 bridgehead atoms. The van der Waals surface area contributed by atoms with Gasteiger partial charge in [0.25, 0.3) is 0 Å². The predicted molar refractivity (Wildman–Crippen MR) is 132 cm³/mol. The number of carbonyl (C=O) groups excluding carboxylic acids is 3. The molecule has 8 heteroatoms. The molecule has 2 unspecified atom stereocenters. The predicted octanol–water partition coefficient (Wildman–Crippen LogP) is 4.20. The number of hydrogen-bond acceptors (Lipinski definition) is 6. The van der Waals surface area contributed by atoms with Crippen molar-refractivity contribution in [2.75, 3.05) is 6.61 Å². The molecule has 0 aromatic carbocycles. The molecule has 0 aromatic heterocycles. The molecular weight excluding hydrogens is 436 g/mol. The summed E-state index contributed by atoms with van der Waals surface area (Å²) in [4.78, 5) is 39.9. The second-order valence-electron chi connectivity index (χ2n) is 11.2. The number of nitrogens with zero attached hydrogens (tertiary/aromatic N) is 1. The van der Waals surface area contributed by atoms with Gasteiger partial charge in [-0.25, -0.2) is 9.59 Å². The normalized spacial score (nSPS) is 23.0. The molecule has 0 saturated carbocycles. The number of aliphatic hydroxyl groups excluding tert-OH is 1. The molecule has 0 spiro atoms. The van der Waals surface area contributed by atoms with E-state index in [1.807, 2.05) is 26.0 Å². The van der Waals surface area contributed by atoms with Crippen molar-refractivity contribution < 1.29 is 29.0 Å². The van der Waals surface area contributed by atoms with Crippen LogP contribution in [0.15, 0.2) is 12.2 Å². The monoisotopic (exact) mass is 482 g/mol. The average molecular weight is 483 g/mol. The summed E-state index contributed by atoms with van der Waals surface area (Å²) in [5.41, 5.74) is -1.42. The van der Waals surface area contributed by atoms with E-state index in [-0.39, 0.29) is 30.4 Å². The van der Waals surface area contributed by atoms with Crippen molar-refractivity contribution in [3.8, 4) is 0 Å². The lowest BCUT2D eigenvalue weighted by Gasteiger charge is -2.36. The van der Waals surface area contributed by atoms with Crippen LogP contribution in [0.25, 0.3) is 0 Å². The van der Waals surface area contributed by atoms with Crippen molar-refractivity contribution in [2.24, 2.45) is 11.8 Å². The van der Waals surface area contributed by atoms with Crippen LogP contribution in [0, 0.1) is 11.8 Å². The maximum absolute atomic E-state index is 13.4. The molecule has 1 aliphatic rings. The van der Waals surface area contributed by atoms with Crippen molar-refractivity contribution >= 4 is 18.0 Å². The zero-order valence-corrected chi connectivity index (χ0v) is 22.5. The lowest BCUT2D eigenvalue weighted by Crippen LogP contribution is -2.51. The number of amides is 2. The number of aliphatic hydroxyl groups is 1. The van der Waals surface area contributed by atoms with Crippen molar-refractivity contribution in [1.29, 1.82) is 0 Å². The Morgan fingerprint density at radius 1 is 1.12 bits per heavy atom.